The van der Waals surface area contributed by atoms with Crippen molar-refractivity contribution < 1.29 is 9.90 Å². The van der Waals surface area contributed by atoms with E-state index in [1.165, 1.54) is 0 Å². The summed E-state index contributed by atoms with van der Waals surface area (Å²) in [5, 5.41) is 12.7. The smallest absolute Gasteiger partial charge is 0.347 e. The Balaban J connectivity index is 1.93. The molecule has 0 aromatic carbocycles. The first kappa shape index (κ1) is 12.6. The number of aromatic nitrogens is 3. The van der Waals surface area contributed by atoms with Crippen molar-refractivity contribution in [2.75, 3.05) is 11.9 Å². The molecule has 7 heteroatoms. The molecule has 6 nitrogen and oxygen atoms in total. The van der Waals surface area contributed by atoms with Crippen molar-refractivity contribution in [3.8, 4) is 0 Å². The fourth-order valence-corrected chi connectivity index (χ4v) is 2.42. The Morgan fingerprint density at radius 3 is 2.94 bits per heavy atom. The van der Waals surface area contributed by atoms with Crippen molar-refractivity contribution in [1.29, 1.82) is 0 Å². The van der Waals surface area contributed by atoms with E-state index in [4.69, 9.17) is 5.11 Å². The number of nitrogens with zero attached hydrogens (tertiary/aromatic N) is 3. The van der Waals surface area contributed by atoms with Crippen LogP contribution >= 0.6 is 11.3 Å². The molecule has 2 aromatic rings. The number of carboxylic acid groups (broad SMARTS) is 1. The van der Waals surface area contributed by atoms with E-state index in [0.717, 1.165) is 23.6 Å². The fourth-order valence-electron chi connectivity index (χ4n) is 1.59. The Bertz CT molecular complexity index is 561. The molecule has 0 saturated heterocycles. The molecule has 0 fully saturated rings. The highest BCUT2D eigenvalue weighted by Gasteiger charge is 2.13. The average Bonchev–Trinajstić information content (AvgIpc) is 2.86. The molecular formula is C11H14N4O2S. The van der Waals surface area contributed by atoms with Crippen molar-refractivity contribution in [2.45, 2.75) is 13.3 Å². The molecule has 0 unspecified atom stereocenters. The van der Waals surface area contributed by atoms with Crippen LogP contribution in [0.15, 0.2) is 12.4 Å². The van der Waals surface area contributed by atoms with E-state index in [9.17, 15) is 4.79 Å². The summed E-state index contributed by atoms with van der Waals surface area (Å²) in [7, 11) is 1.94. The maximum absolute atomic E-state index is 10.9. The topological polar surface area (TPSA) is 80.0 Å². The third-order valence-corrected chi connectivity index (χ3v) is 3.64. The van der Waals surface area contributed by atoms with Crippen molar-refractivity contribution in [2.24, 2.45) is 7.05 Å². The largest absolute Gasteiger partial charge is 0.477 e. The van der Waals surface area contributed by atoms with Crippen molar-refractivity contribution in [3.05, 3.63) is 28.8 Å². The molecule has 2 rings (SSSR count). The van der Waals surface area contributed by atoms with Gasteiger partial charge in [-0.15, -0.1) is 0 Å². The summed E-state index contributed by atoms with van der Waals surface area (Å²) < 4.78 is 1.96. The van der Waals surface area contributed by atoms with Gasteiger partial charge in [0.05, 0.1) is 5.69 Å². The van der Waals surface area contributed by atoms with Crippen molar-refractivity contribution in [1.82, 2.24) is 14.5 Å². The van der Waals surface area contributed by atoms with Crippen LogP contribution in [0.25, 0.3) is 0 Å². The van der Waals surface area contributed by atoms with E-state index in [-0.39, 0.29) is 4.88 Å². The highest BCUT2D eigenvalue weighted by Crippen LogP contribution is 2.22. The lowest BCUT2D eigenvalue weighted by molar-refractivity contribution is 0.0701. The minimum Gasteiger partial charge on any atom is -0.477 e. The number of aromatic carboxylic acids is 1. The van der Waals surface area contributed by atoms with Gasteiger partial charge in [-0.05, 0) is 6.92 Å². The maximum Gasteiger partial charge on any atom is 0.347 e. The molecule has 0 bridgehead atoms. The van der Waals surface area contributed by atoms with E-state index in [1.807, 2.05) is 17.8 Å². The Morgan fingerprint density at radius 1 is 1.61 bits per heavy atom. The summed E-state index contributed by atoms with van der Waals surface area (Å²) >= 11 is 1.16. The molecule has 0 aliphatic carbocycles. The van der Waals surface area contributed by atoms with E-state index in [1.54, 1.807) is 13.1 Å². The Hall–Kier alpha value is -1.89. The quantitative estimate of drug-likeness (QED) is 0.858. The number of imidazole rings is 1. The van der Waals surface area contributed by atoms with Gasteiger partial charge in [-0.1, -0.05) is 11.3 Å². The summed E-state index contributed by atoms with van der Waals surface area (Å²) in [5.74, 6) is 0.0522. The van der Waals surface area contributed by atoms with Gasteiger partial charge in [0.1, 0.15) is 10.7 Å². The molecule has 0 aliphatic heterocycles. The first-order chi connectivity index (χ1) is 8.58. The third-order valence-electron chi connectivity index (χ3n) is 2.54. The highest BCUT2D eigenvalue weighted by molar-refractivity contribution is 7.17. The van der Waals surface area contributed by atoms with Crippen LogP contribution in [0, 0.1) is 6.92 Å². The second-order valence-corrected chi connectivity index (χ2v) is 4.87. The van der Waals surface area contributed by atoms with Gasteiger partial charge in [0.15, 0.2) is 5.13 Å². The molecule has 2 heterocycles. The lowest BCUT2D eigenvalue weighted by atomic mass is 10.4. The van der Waals surface area contributed by atoms with E-state index >= 15 is 0 Å². The van der Waals surface area contributed by atoms with Crippen LogP contribution in [0.3, 0.4) is 0 Å². The molecule has 0 amide bonds. The third kappa shape index (κ3) is 2.67. The van der Waals surface area contributed by atoms with Crippen molar-refractivity contribution in [3.63, 3.8) is 0 Å². The van der Waals surface area contributed by atoms with Gasteiger partial charge in [-0.25, -0.2) is 14.8 Å². The van der Waals surface area contributed by atoms with Crippen LogP contribution in [0.5, 0.6) is 0 Å². The summed E-state index contributed by atoms with van der Waals surface area (Å²) in [6.45, 7) is 2.38. The second-order valence-electron chi connectivity index (χ2n) is 3.87. The van der Waals surface area contributed by atoms with Gasteiger partial charge in [-0.3, -0.25) is 0 Å². The summed E-state index contributed by atoms with van der Waals surface area (Å²) in [6, 6.07) is 0. The molecule has 0 spiro atoms. The monoisotopic (exact) mass is 266 g/mol. The molecule has 0 radical (unpaired) electrons. The SMILES string of the molecule is Cc1nc(NCCc2nccn2C)sc1C(=O)O. The second kappa shape index (κ2) is 5.18. The zero-order valence-corrected chi connectivity index (χ0v) is 11.0. The summed E-state index contributed by atoms with van der Waals surface area (Å²) in [6.07, 6.45) is 4.42. The first-order valence-corrected chi connectivity index (χ1v) is 6.30. The number of rotatable bonds is 5. The Morgan fingerprint density at radius 2 is 2.39 bits per heavy atom. The van der Waals surface area contributed by atoms with Crippen LogP contribution < -0.4 is 5.32 Å². The number of nitrogens with one attached hydrogen (secondary N) is 1. The van der Waals surface area contributed by atoms with Gasteiger partial charge < -0.3 is 15.0 Å². The molecule has 0 aliphatic rings. The van der Waals surface area contributed by atoms with Gasteiger partial charge in [-0.2, -0.15) is 0 Å². The molecule has 18 heavy (non-hydrogen) atoms. The minimum atomic E-state index is -0.929. The van der Waals surface area contributed by atoms with Crippen LogP contribution in [-0.2, 0) is 13.5 Å². The molecule has 96 valence electrons. The Labute approximate surface area is 108 Å². The van der Waals surface area contributed by atoms with E-state index in [0.29, 0.717) is 17.4 Å². The standard InChI is InChI=1S/C11H14N4O2S/c1-7-9(10(16)17)18-11(14-7)13-4-3-8-12-5-6-15(8)2/h5-6H,3-4H2,1-2H3,(H,13,14)(H,16,17). The number of hydrogen-bond donors (Lipinski definition) is 2. The predicted octanol–water partition coefficient (Wildman–Crippen LogP) is 1.54. The number of carboxylic acids is 1. The molecular weight excluding hydrogens is 252 g/mol. The molecule has 2 aromatic heterocycles. The van der Waals surface area contributed by atoms with Gasteiger partial charge in [0.25, 0.3) is 0 Å². The maximum atomic E-state index is 10.9. The number of hydrogen-bond acceptors (Lipinski definition) is 5. The zero-order chi connectivity index (χ0) is 13.1. The molecule has 0 atom stereocenters. The summed E-state index contributed by atoms with van der Waals surface area (Å²) in [4.78, 5) is 19.5. The molecule has 2 N–H and O–H groups in total. The van der Waals surface area contributed by atoms with Gasteiger partial charge in [0, 0.05) is 32.4 Å². The average molecular weight is 266 g/mol. The molecule has 0 saturated carbocycles. The number of thiazole rings is 1. The van der Waals surface area contributed by atoms with E-state index < -0.39 is 5.97 Å². The zero-order valence-electron chi connectivity index (χ0n) is 10.2. The Kier molecular flexibility index (Phi) is 3.61. The highest BCUT2D eigenvalue weighted by atomic mass is 32.1. The van der Waals surface area contributed by atoms with Gasteiger partial charge in [0.2, 0.25) is 0 Å². The number of aryl methyl sites for hydroxylation is 2. The number of anilines is 1. The van der Waals surface area contributed by atoms with Gasteiger partial charge >= 0.3 is 5.97 Å². The normalized spacial score (nSPS) is 10.6. The van der Waals surface area contributed by atoms with Crippen LogP contribution in [0.2, 0.25) is 0 Å². The predicted molar refractivity (Wildman–Crippen MR) is 69.2 cm³/mol. The lowest BCUT2D eigenvalue weighted by Crippen LogP contribution is -2.08. The van der Waals surface area contributed by atoms with Crippen LogP contribution in [-0.4, -0.2) is 32.2 Å². The van der Waals surface area contributed by atoms with Crippen LogP contribution in [0.1, 0.15) is 21.2 Å². The van der Waals surface area contributed by atoms with E-state index in [2.05, 4.69) is 15.3 Å². The first-order valence-electron chi connectivity index (χ1n) is 5.48. The summed E-state index contributed by atoms with van der Waals surface area (Å²) in [5.41, 5.74) is 0.548. The van der Waals surface area contributed by atoms with Crippen LogP contribution in [0.4, 0.5) is 5.13 Å². The number of carbonyl (C=O) groups is 1. The lowest BCUT2D eigenvalue weighted by Gasteiger charge is -2.02. The fraction of sp³-hybridized carbons (Fsp3) is 0.364. The van der Waals surface area contributed by atoms with Crippen molar-refractivity contribution >= 4 is 22.4 Å². The minimum absolute atomic E-state index is 0.287.